The van der Waals surface area contributed by atoms with Gasteiger partial charge in [-0.05, 0) is 14.0 Å². The highest BCUT2D eigenvalue weighted by Gasteiger charge is 2.53. The van der Waals surface area contributed by atoms with E-state index in [2.05, 4.69) is 10.6 Å². The van der Waals surface area contributed by atoms with Crippen molar-refractivity contribution in [3.63, 3.8) is 0 Å². The molecule has 0 aromatic rings. The fourth-order valence-electron chi connectivity index (χ4n) is 1.32. The highest BCUT2D eigenvalue weighted by Crippen LogP contribution is 2.18. The minimum Gasteiger partial charge on any atom is -0.464 e. The molecule has 6 heteroatoms. The van der Waals surface area contributed by atoms with Gasteiger partial charge in [-0.2, -0.15) is 0 Å². The molecule has 0 aromatic heterocycles. The van der Waals surface area contributed by atoms with Gasteiger partial charge in [0.25, 0.3) is 5.91 Å². The zero-order valence-corrected chi connectivity index (χ0v) is 8.05. The van der Waals surface area contributed by atoms with E-state index in [1.165, 1.54) is 7.05 Å². The maximum absolute atomic E-state index is 11.5. The number of amides is 2. The summed E-state index contributed by atoms with van der Waals surface area (Å²) in [5.41, 5.74) is -1.53. The molecule has 1 saturated heterocycles. The summed E-state index contributed by atoms with van der Waals surface area (Å²) in [6, 6.07) is 0. The summed E-state index contributed by atoms with van der Waals surface area (Å²) in [5, 5.41) is 4.59. The third-order valence-corrected chi connectivity index (χ3v) is 2.12. The molecule has 6 nitrogen and oxygen atoms in total. The molecule has 1 rings (SSSR count). The van der Waals surface area contributed by atoms with Crippen molar-refractivity contribution < 1.29 is 19.1 Å². The molecule has 0 unspecified atom stereocenters. The van der Waals surface area contributed by atoms with E-state index in [4.69, 9.17) is 4.74 Å². The number of rotatable bonds is 3. The van der Waals surface area contributed by atoms with Crippen LogP contribution in [0.2, 0.25) is 0 Å². The number of hydrogen-bond acceptors (Lipinski definition) is 5. The van der Waals surface area contributed by atoms with Crippen LogP contribution in [0.3, 0.4) is 0 Å². The Labute approximate surface area is 81.0 Å². The summed E-state index contributed by atoms with van der Waals surface area (Å²) < 4.78 is 4.72. The standard InChI is InChI=1S/C8H12N2O4/c1-3-14-7(13)8(9-2)4-5(11)10-6(8)12/h9H,3-4H2,1-2H3,(H,10,11,12)/t8-/m1/s1. The van der Waals surface area contributed by atoms with Crippen LogP contribution in [-0.4, -0.2) is 37.0 Å². The molecule has 1 aliphatic heterocycles. The van der Waals surface area contributed by atoms with Crippen molar-refractivity contribution >= 4 is 17.8 Å². The predicted molar refractivity (Wildman–Crippen MR) is 46.2 cm³/mol. The quantitative estimate of drug-likeness (QED) is 0.331. The molecule has 0 aromatic carbocycles. The predicted octanol–water partition coefficient (Wildman–Crippen LogP) is -1.45. The molecule has 0 radical (unpaired) electrons. The molecule has 1 heterocycles. The number of nitrogens with one attached hydrogen (secondary N) is 2. The normalized spacial score (nSPS) is 26.1. The summed E-state index contributed by atoms with van der Waals surface area (Å²) >= 11 is 0. The Morgan fingerprint density at radius 2 is 2.29 bits per heavy atom. The van der Waals surface area contributed by atoms with Crippen molar-refractivity contribution in [3.8, 4) is 0 Å². The molecule has 0 aliphatic carbocycles. The number of ether oxygens (including phenoxy) is 1. The van der Waals surface area contributed by atoms with Gasteiger partial charge in [0, 0.05) is 0 Å². The van der Waals surface area contributed by atoms with Crippen molar-refractivity contribution in [3.05, 3.63) is 0 Å². The molecule has 1 atom stereocenters. The Kier molecular flexibility index (Phi) is 2.85. The molecule has 0 saturated carbocycles. The molecule has 78 valence electrons. The summed E-state index contributed by atoms with van der Waals surface area (Å²) in [6.07, 6.45) is -0.207. The molecule has 2 amide bonds. The van der Waals surface area contributed by atoms with Crippen LogP contribution in [0, 0.1) is 0 Å². The number of carbonyl (C=O) groups excluding carboxylic acids is 3. The maximum atomic E-state index is 11.5. The van der Waals surface area contributed by atoms with Crippen LogP contribution in [0.5, 0.6) is 0 Å². The van der Waals surface area contributed by atoms with Gasteiger partial charge < -0.3 is 4.74 Å². The first-order valence-electron chi connectivity index (χ1n) is 4.27. The summed E-state index contributed by atoms with van der Waals surface area (Å²) in [4.78, 5) is 33.8. The monoisotopic (exact) mass is 200 g/mol. The summed E-state index contributed by atoms with van der Waals surface area (Å²) in [5.74, 6) is -1.84. The molecule has 0 bridgehead atoms. The van der Waals surface area contributed by atoms with E-state index in [0.717, 1.165) is 0 Å². The van der Waals surface area contributed by atoms with Gasteiger partial charge in [0.05, 0.1) is 13.0 Å². The van der Waals surface area contributed by atoms with Crippen molar-refractivity contribution in [1.82, 2.24) is 10.6 Å². The molecule has 2 N–H and O–H groups in total. The first kappa shape index (κ1) is 10.6. The Bertz CT molecular complexity index is 289. The van der Waals surface area contributed by atoms with Crippen LogP contribution >= 0.6 is 0 Å². The fraction of sp³-hybridized carbons (Fsp3) is 0.625. The largest absolute Gasteiger partial charge is 0.464 e. The van der Waals surface area contributed by atoms with Gasteiger partial charge in [-0.1, -0.05) is 0 Å². The van der Waals surface area contributed by atoms with Gasteiger partial charge >= 0.3 is 5.97 Å². The zero-order valence-electron chi connectivity index (χ0n) is 8.05. The van der Waals surface area contributed by atoms with E-state index in [-0.39, 0.29) is 13.0 Å². The lowest BCUT2D eigenvalue weighted by molar-refractivity contribution is -0.154. The van der Waals surface area contributed by atoms with Crippen LogP contribution in [0.4, 0.5) is 0 Å². The zero-order chi connectivity index (χ0) is 10.8. The lowest BCUT2D eigenvalue weighted by Crippen LogP contribution is -2.56. The lowest BCUT2D eigenvalue weighted by Gasteiger charge is -2.21. The number of esters is 1. The van der Waals surface area contributed by atoms with Gasteiger partial charge in [0.2, 0.25) is 11.4 Å². The molecular weight excluding hydrogens is 188 g/mol. The fourth-order valence-corrected chi connectivity index (χ4v) is 1.32. The number of likely N-dealkylation sites (N-methyl/N-ethyl adjacent to an activating group) is 1. The minimum absolute atomic E-state index is 0.170. The van der Waals surface area contributed by atoms with E-state index in [0.29, 0.717) is 0 Å². The van der Waals surface area contributed by atoms with Gasteiger partial charge in [-0.3, -0.25) is 20.2 Å². The first-order chi connectivity index (χ1) is 6.56. The van der Waals surface area contributed by atoms with Crippen LogP contribution in [0.1, 0.15) is 13.3 Å². The van der Waals surface area contributed by atoms with Crippen LogP contribution in [0.15, 0.2) is 0 Å². The number of hydrogen-bond donors (Lipinski definition) is 2. The highest BCUT2D eigenvalue weighted by molar-refractivity contribution is 6.19. The highest BCUT2D eigenvalue weighted by atomic mass is 16.5. The van der Waals surface area contributed by atoms with E-state index < -0.39 is 23.3 Å². The molecular formula is C8H12N2O4. The summed E-state index contributed by atoms with van der Waals surface area (Å²) in [7, 11) is 1.44. The van der Waals surface area contributed by atoms with Crippen molar-refractivity contribution in [2.75, 3.05) is 13.7 Å². The van der Waals surface area contributed by atoms with Gasteiger partial charge in [0.1, 0.15) is 0 Å². The van der Waals surface area contributed by atoms with Gasteiger partial charge in [0.15, 0.2) is 0 Å². The van der Waals surface area contributed by atoms with Crippen LogP contribution in [0.25, 0.3) is 0 Å². The second-order valence-electron chi connectivity index (χ2n) is 2.93. The van der Waals surface area contributed by atoms with E-state index in [1.54, 1.807) is 6.92 Å². The second-order valence-corrected chi connectivity index (χ2v) is 2.93. The van der Waals surface area contributed by atoms with Crippen molar-refractivity contribution in [2.45, 2.75) is 18.9 Å². The van der Waals surface area contributed by atoms with Crippen LogP contribution in [-0.2, 0) is 19.1 Å². The molecule has 0 spiro atoms. The Hall–Kier alpha value is -1.43. The Morgan fingerprint density at radius 3 is 2.64 bits per heavy atom. The van der Waals surface area contributed by atoms with Gasteiger partial charge in [-0.25, -0.2) is 4.79 Å². The Balaban J connectivity index is 2.91. The second kappa shape index (κ2) is 3.75. The van der Waals surface area contributed by atoms with Crippen molar-refractivity contribution in [1.29, 1.82) is 0 Å². The van der Waals surface area contributed by atoms with E-state index in [9.17, 15) is 14.4 Å². The van der Waals surface area contributed by atoms with E-state index >= 15 is 0 Å². The van der Waals surface area contributed by atoms with Crippen molar-refractivity contribution in [2.24, 2.45) is 0 Å². The average Bonchev–Trinajstić information content (AvgIpc) is 2.42. The Morgan fingerprint density at radius 1 is 1.64 bits per heavy atom. The SMILES string of the molecule is CCOC(=O)[C@@]1(NC)CC(=O)NC1=O. The minimum atomic E-state index is -1.53. The molecule has 1 aliphatic rings. The first-order valence-corrected chi connectivity index (χ1v) is 4.27. The van der Waals surface area contributed by atoms with Crippen LogP contribution < -0.4 is 10.6 Å². The maximum Gasteiger partial charge on any atom is 0.336 e. The van der Waals surface area contributed by atoms with Gasteiger partial charge in [-0.15, -0.1) is 0 Å². The summed E-state index contributed by atoms with van der Waals surface area (Å²) in [6.45, 7) is 1.81. The number of imide groups is 1. The van der Waals surface area contributed by atoms with E-state index in [1.807, 2.05) is 0 Å². The molecule has 1 fully saturated rings. The third kappa shape index (κ3) is 1.48. The third-order valence-electron chi connectivity index (χ3n) is 2.12. The average molecular weight is 200 g/mol. The molecule has 14 heavy (non-hydrogen) atoms. The smallest absolute Gasteiger partial charge is 0.336 e. The lowest BCUT2D eigenvalue weighted by atomic mass is 9.98. The topological polar surface area (TPSA) is 84.5 Å². The number of carbonyl (C=O) groups is 3.